The van der Waals surface area contributed by atoms with Gasteiger partial charge in [0.15, 0.2) is 5.78 Å². The highest BCUT2D eigenvalue weighted by atomic mass is 35.5. The Bertz CT molecular complexity index is 447. The van der Waals surface area contributed by atoms with Crippen molar-refractivity contribution in [3.8, 4) is 0 Å². The van der Waals surface area contributed by atoms with E-state index in [1.807, 2.05) is 0 Å². The van der Waals surface area contributed by atoms with Crippen molar-refractivity contribution in [2.75, 3.05) is 0 Å². The van der Waals surface area contributed by atoms with Crippen LogP contribution in [-0.2, 0) is 4.79 Å². The molecule has 3 saturated carbocycles. The average Bonchev–Trinajstić information content (AvgIpc) is 2.70. The Morgan fingerprint density at radius 2 is 1.79 bits per heavy atom. The van der Waals surface area contributed by atoms with Gasteiger partial charge in [-0.3, -0.25) is 4.79 Å². The van der Waals surface area contributed by atoms with E-state index in [0.717, 1.165) is 6.42 Å². The molecule has 5 atom stereocenters. The summed E-state index contributed by atoms with van der Waals surface area (Å²) in [7, 11) is 0. The van der Waals surface area contributed by atoms with Crippen LogP contribution in [0.15, 0.2) is 0 Å². The Morgan fingerprint density at radius 3 is 2.32 bits per heavy atom. The third-order valence-electron chi connectivity index (χ3n) is 7.36. The highest BCUT2D eigenvalue weighted by molar-refractivity contribution is 6.37. The Kier molecular flexibility index (Phi) is 2.49. The zero-order chi connectivity index (χ0) is 14.4. The van der Waals surface area contributed by atoms with Crippen LogP contribution in [-0.4, -0.2) is 10.7 Å². The van der Waals surface area contributed by atoms with Gasteiger partial charge in [-0.05, 0) is 46.8 Å². The molecule has 0 aromatic rings. The molecule has 3 aliphatic rings. The van der Waals surface area contributed by atoms with Crippen molar-refractivity contribution in [1.82, 2.24) is 0 Å². The highest BCUT2D eigenvalue weighted by Crippen LogP contribution is 2.78. The van der Waals surface area contributed by atoms with Gasteiger partial charge < -0.3 is 0 Å². The molecule has 0 saturated heterocycles. The Balaban J connectivity index is 2.16. The summed E-state index contributed by atoms with van der Waals surface area (Å²) in [5.74, 6) is 1.78. The second-order valence-electron chi connectivity index (χ2n) is 9.04. The third-order valence-corrected chi connectivity index (χ3v) is 8.24. The summed E-state index contributed by atoms with van der Waals surface area (Å²) in [6, 6.07) is 0. The van der Waals surface area contributed by atoms with Crippen molar-refractivity contribution in [1.29, 1.82) is 0 Å². The SMILES string of the molecule is CC(C)(C)[C@@H]1CC(=O)[C@]2(Cl)[C@H]1[C@H]1CC[C@]2(C)C1(C)C. The summed E-state index contributed by atoms with van der Waals surface area (Å²) >= 11 is 7.09. The number of rotatable bonds is 0. The lowest BCUT2D eigenvalue weighted by molar-refractivity contribution is -0.123. The largest absolute Gasteiger partial charge is 0.298 e. The zero-order valence-electron chi connectivity index (χ0n) is 13.1. The Morgan fingerprint density at radius 1 is 1.21 bits per heavy atom. The maximum absolute atomic E-state index is 12.8. The third kappa shape index (κ3) is 1.27. The van der Waals surface area contributed by atoms with Gasteiger partial charge in [0.05, 0.1) is 0 Å². The lowest BCUT2D eigenvalue weighted by atomic mass is 9.65. The topological polar surface area (TPSA) is 17.1 Å². The van der Waals surface area contributed by atoms with Crippen LogP contribution < -0.4 is 0 Å². The van der Waals surface area contributed by atoms with E-state index >= 15 is 0 Å². The molecule has 0 aromatic carbocycles. The highest BCUT2D eigenvalue weighted by Gasteiger charge is 2.79. The van der Waals surface area contributed by atoms with Crippen molar-refractivity contribution in [2.24, 2.45) is 34.0 Å². The molecule has 0 spiro atoms. The molecule has 0 unspecified atom stereocenters. The molecular weight excluding hydrogens is 256 g/mol. The number of Topliss-reactive ketones (excluding diaryl/α,β-unsaturated/α-hetero) is 1. The molecular formula is C17H27ClO. The van der Waals surface area contributed by atoms with Crippen molar-refractivity contribution < 1.29 is 4.79 Å². The van der Waals surface area contributed by atoms with Crippen LogP contribution in [0.1, 0.15) is 60.8 Å². The number of hydrogen-bond donors (Lipinski definition) is 0. The molecule has 3 rings (SSSR count). The first-order valence-electron chi connectivity index (χ1n) is 7.70. The monoisotopic (exact) mass is 282 g/mol. The number of hydrogen-bond acceptors (Lipinski definition) is 1. The number of carbonyl (C=O) groups is 1. The predicted molar refractivity (Wildman–Crippen MR) is 79.3 cm³/mol. The van der Waals surface area contributed by atoms with Crippen LogP contribution in [0.4, 0.5) is 0 Å². The Hall–Kier alpha value is -0.0400. The lowest BCUT2D eigenvalue weighted by Crippen LogP contribution is -2.49. The number of carbonyl (C=O) groups excluding carboxylic acids is 1. The maximum atomic E-state index is 12.8. The van der Waals surface area contributed by atoms with Gasteiger partial charge in [0, 0.05) is 6.42 Å². The standard InChI is InChI=1S/C17H27ClO/c1-14(2,3)11-9-12(19)17(18)13(11)10-7-8-16(17,6)15(10,4)5/h10-11,13H,7-9H2,1-6H3/t10-,11-,13+,16-,17+/m1/s1. The quantitative estimate of drug-likeness (QED) is 0.590. The first-order chi connectivity index (χ1) is 8.48. The summed E-state index contributed by atoms with van der Waals surface area (Å²) in [5, 5.41) is 0. The van der Waals surface area contributed by atoms with Gasteiger partial charge in [-0.15, -0.1) is 11.6 Å². The summed E-state index contributed by atoms with van der Waals surface area (Å²) in [6.07, 6.45) is 3.07. The second kappa shape index (κ2) is 3.40. The zero-order valence-corrected chi connectivity index (χ0v) is 13.9. The van der Waals surface area contributed by atoms with Crippen molar-refractivity contribution in [3.05, 3.63) is 0 Å². The normalized spacial score (nSPS) is 51.7. The van der Waals surface area contributed by atoms with Crippen LogP contribution in [0.5, 0.6) is 0 Å². The van der Waals surface area contributed by atoms with Crippen LogP contribution >= 0.6 is 11.6 Å². The van der Waals surface area contributed by atoms with Gasteiger partial charge in [0.1, 0.15) is 4.87 Å². The van der Waals surface area contributed by atoms with E-state index < -0.39 is 4.87 Å². The minimum Gasteiger partial charge on any atom is -0.298 e. The molecule has 3 fully saturated rings. The first-order valence-corrected chi connectivity index (χ1v) is 8.08. The molecule has 0 radical (unpaired) electrons. The maximum Gasteiger partial charge on any atom is 0.154 e. The molecule has 0 aliphatic heterocycles. The van der Waals surface area contributed by atoms with Gasteiger partial charge in [0.2, 0.25) is 0 Å². The molecule has 0 aromatic heterocycles. The molecule has 3 aliphatic carbocycles. The van der Waals surface area contributed by atoms with Gasteiger partial charge in [0.25, 0.3) is 0 Å². The predicted octanol–water partition coefficient (Wildman–Crippen LogP) is 4.67. The van der Waals surface area contributed by atoms with Gasteiger partial charge in [-0.2, -0.15) is 0 Å². The number of fused-ring (bicyclic) bond motifs is 5. The van der Waals surface area contributed by atoms with Gasteiger partial charge in [-0.25, -0.2) is 0 Å². The summed E-state index contributed by atoms with van der Waals surface area (Å²) in [6.45, 7) is 13.8. The van der Waals surface area contributed by atoms with E-state index in [1.165, 1.54) is 6.42 Å². The van der Waals surface area contributed by atoms with Gasteiger partial charge >= 0.3 is 0 Å². The van der Waals surface area contributed by atoms with E-state index in [9.17, 15) is 4.79 Å². The molecule has 0 amide bonds. The van der Waals surface area contributed by atoms with Crippen molar-refractivity contribution >= 4 is 17.4 Å². The minimum atomic E-state index is -0.586. The smallest absolute Gasteiger partial charge is 0.154 e. The van der Waals surface area contributed by atoms with Crippen molar-refractivity contribution in [3.63, 3.8) is 0 Å². The van der Waals surface area contributed by atoms with Crippen LogP contribution in [0.2, 0.25) is 0 Å². The van der Waals surface area contributed by atoms with Gasteiger partial charge in [-0.1, -0.05) is 41.5 Å². The summed E-state index contributed by atoms with van der Waals surface area (Å²) in [5.41, 5.74) is 0.348. The van der Waals surface area contributed by atoms with E-state index in [-0.39, 0.29) is 16.2 Å². The fourth-order valence-electron chi connectivity index (χ4n) is 5.83. The molecule has 0 N–H and O–H groups in total. The lowest BCUT2D eigenvalue weighted by Gasteiger charge is -2.44. The molecule has 1 nitrogen and oxygen atoms in total. The molecule has 2 bridgehead atoms. The van der Waals surface area contributed by atoms with Crippen molar-refractivity contribution in [2.45, 2.75) is 65.7 Å². The average molecular weight is 283 g/mol. The number of ketones is 1. The van der Waals surface area contributed by atoms with Crippen LogP contribution in [0.3, 0.4) is 0 Å². The fraction of sp³-hybridized carbons (Fsp3) is 0.941. The van der Waals surface area contributed by atoms with E-state index in [1.54, 1.807) is 0 Å². The van der Waals surface area contributed by atoms with E-state index in [0.29, 0.717) is 30.0 Å². The molecule has 19 heavy (non-hydrogen) atoms. The van der Waals surface area contributed by atoms with Crippen LogP contribution in [0, 0.1) is 34.0 Å². The number of halogens is 1. The summed E-state index contributed by atoms with van der Waals surface area (Å²) < 4.78 is 0. The molecule has 108 valence electrons. The first kappa shape index (κ1) is 13.9. The van der Waals surface area contributed by atoms with Crippen LogP contribution in [0.25, 0.3) is 0 Å². The van der Waals surface area contributed by atoms with E-state index in [2.05, 4.69) is 41.5 Å². The molecule has 2 heteroatoms. The number of alkyl halides is 1. The second-order valence-corrected chi connectivity index (χ2v) is 9.63. The summed E-state index contributed by atoms with van der Waals surface area (Å²) in [4.78, 5) is 12.2. The minimum absolute atomic E-state index is 0.0199. The van der Waals surface area contributed by atoms with E-state index in [4.69, 9.17) is 11.6 Å². The molecule has 0 heterocycles. The fourth-order valence-corrected chi connectivity index (χ4v) is 6.55. The Labute approximate surface area is 122 Å².